The summed E-state index contributed by atoms with van der Waals surface area (Å²) in [5.41, 5.74) is 3.80. The Morgan fingerprint density at radius 2 is 1.35 bits per heavy atom. The van der Waals surface area contributed by atoms with Crippen molar-refractivity contribution in [1.82, 2.24) is 0 Å². The molecule has 88 valence electrons. The second kappa shape index (κ2) is 5.68. The highest BCUT2D eigenvalue weighted by molar-refractivity contribution is 9.14. The fraction of sp³-hybridized carbons (Fsp3) is 0.143. The van der Waals surface area contributed by atoms with E-state index in [9.17, 15) is 0 Å². The lowest BCUT2D eigenvalue weighted by atomic mass is 10.0. The summed E-state index contributed by atoms with van der Waals surface area (Å²) in [5, 5.41) is 0. The zero-order valence-corrected chi connectivity index (χ0v) is 14.1. The molecule has 0 aliphatic rings. The second-order valence-corrected chi connectivity index (χ2v) is 6.31. The van der Waals surface area contributed by atoms with Crippen LogP contribution in [0.3, 0.4) is 0 Å². The monoisotopic (exact) mass is 416 g/mol. The predicted octanol–water partition coefficient (Wildman–Crippen LogP) is 6.20. The summed E-state index contributed by atoms with van der Waals surface area (Å²) in [6, 6.07) is 12.9. The van der Waals surface area contributed by atoms with Gasteiger partial charge in [0.05, 0.1) is 0 Å². The van der Waals surface area contributed by atoms with Crippen LogP contribution in [0, 0.1) is 0 Å². The molecule has 0 aliphatic heterocycles. The first-order chi connectivity index (χ1) is 8.11. The van der Waals surface area contributed by atoms with Gasteiger partial charge in [-0.1, -0.05) is 31.2 Å². The summed E-state index contributed by atoms with van der Waals surface area (Å²) in [6.45, 7) is 2.17. The Labute approximate surface area is 127 Å². The summed E-state index contributed by atoms with van der Waals surface area (Å²) in [7, 11) is 0. The van der Waals surface area contributed by atoms with Gasteiger partial charge in [-0.2, -0.15) is 0 Å². The number of rotatable bonds is 2. The zero-order chi connectivity index (χ0) is 12.4. The van der Waals surface area contributed by atoms with E-state index < -0.39 is 0 Å². The van der Waals surface area contributed by atoms with E-state index in [2.05, 4.69) is 91.1 Å². The molecule has 0 saturated heterocycles. The summed E-state index contributed by atoms with van der Waals surface area (Å²) in [4.78, 5) is 0. The van der Waals surface area contributed by atoms with Gasteiger partial charge in [-0.25, -0.2) is 0 Å². The van der Waals surface area contributed by atoms with Gasteiger partial charge in [0.25, 0.3) is 0 Å². The van der Waals surface area contributed by atoms with Gasteiger partial charge in [-0.15, -0.1) is 0 Å². The highest BCUT2D eigenvalue weighted by Crippen LogP contribution is 2.35. The molecule has 0 N–H and O–H groups in total. The molecule has 0 aliphatic carbocycles. The Hall–Kier alpha value is -0.120. The molecule has 0 amide bonds. The van der Waals surface area contributed by atoms with E-state index in [-0.39, 0.29) is 0 Å². The smallest absolute Gasteiger partial charge is 0.0459 e. The van der Waals surface area contributed by atoms with Gasteiger partial charge >= 0.3 is 0 Å². The van der Waals surface area contributed by atoms with Crippen LogP contribution in [0.15, 0.2) is 49.8 Å². The molecular formula is C14H11Br3. The summed E-state index contributed by atoms with van der Waals surface area (Å²) >= 11 is 10.6. The van der Waals surface area contributed by atoms with Gasteiger partial charge in [0, 0.05) is 13.4 Å². The normalized spacial score (nSPS) is 10.6. The van der Waals surface area contributed by atoms with E-state index in [4.69, 9.17) is 0 Å². The number of aryl methyl sites for hydroxylation is 1. The van der Waals surface area contributed by atoms with Crippen LogP contribution in [0.5, 0.6) is 0 Å². The van der Waals surface area contributed by atoms with E-state index in [1.165, 1.54) is 16.7 Å². The average Bonchev–Trinajstić information content (AvgIpc) is 2.35. The van der Waals surface area contributed by atoms with Gasteiger partial charge < -0.3 is 0 Å². The van der Waals surface area contributed by atoms with Crippen LogP contribution < -0.4 is 0 Å². The van der Waals surface area contributed by atoms with Crippen LogP contribution >= 0.6 is 47.8 Å². The summed E-state index contributed by atoms with van der Waals surface area (Å²) in [6.07, 6.45) is 1.08. The van der Waals surface area contributed by atoms with Gasteiger partial charge in [0.15, 0.2) is 0 Å². The molecule has 0 fully saturated rings. The van der Waals surface area contributed by atoms with Crippen LogP contribution in [-0.2, 0) is 6.42 Å². The lowest BCUT2D eigenvalue weighted by Crippen LogP contribution is -1.83. The van der Waals surface area contributed by atoms with Crippen molar-refractivity contribution in [3.05, 3.63) is 55.4 Å². The minimum absolute atomic E-state index is 1.05. The van der Waals surface area contributed by atoms with Gasteiger partial charge in [0.1, 0.15) is 0 Å². The van der Waals surface area contributed by atoms with Crippen LogP contribution in [0.2, 0.25) is 0 Å². The number of hydrogen-bond acceptors (Lipinski definition) is 0. The topological polar surface area (TPSA) is 0 Å². The van der Waals surface area contributed by atoms with Gasteiger partial charge in [-0.3, -0.25) is 0 Å². The van der Waals surface area contributed by atoms with Crippen molar-refractivity contribution in [1.29, 1.82) is 0 Å². The van der Waals surface area contributed by atoms with Crippen LogP contribution in [0.1, 0.15) is 12.5 Å². The van der Waals surface area contributed by atoms with E-state index in [0.29, 0.717) is 0 Å². The van der Waals surface area contributed by atoms with Crippen molar-refractivity contribution in [2.24, 2.45) is 0 Å². The molecule has 2 aromatic rings. The molecule has 0 unspecified atom stereocenters. The standard InChI is InChI=1S/C14H11Br3/c1-2-9-3-5-10(6-4-9)11-7-12(15)14(17)13(16)8-11/h3-8H,2H2,1H3. The molecule has 0 nitrogen and oxygen atoms in total. The van der Waals surface area contributed by atoms with E-state index in [0.717, 1.165) is 19.8 Å². The molecule has 0 saturated carbocycles. The fourth-order valence-electron chi connectivity index (χ4n) is 1.66. The zero-order valence-electron chi connectivity index (χ0n) is 9.31. The van der Waals surface area contributed by atoms with Crippen molar-refractivity contribution < 1.29 is 0 Å². The lowest BCUT2D eigenvalue weighted by molar-refractivity contribution is 1.14. The Balaban J connectivity index is 2.45. The average molecular weight is 419 g/mol. The summed E-state index contributed by atoms with van der Waals surface area (Å²) in [5.74, 6) is 0. The third-order valence-electron chi connectivity index (χ3n) is 2.68. The SMILES string of the molecule is CCc1ccc(-c2cc(Br)c(Br)c(Br)c2)cc1. The Kier molecular flexibility index (Phi) is 4.45. The molecular weight excluding hydrogens is 408 g/mol. The molecule has 0 bridgehead atoms. The van der Waals surface area contributed by atoms with Crippen LogP contribution in [0.4, 0.5) is 0 Å². The first-order valence-electron chi connectivity index (χ1n) is 5.35. The molecule has 2 rings (SSSR count). The van der Waals surface area contributed by atoms with Crippen LogP contribution in [0.25, 0.3) is 11.1 Å². The van der Waals surface area contributed by atoms with Crippen molar-refractivity contribution >= 4 is 47.8 Å². The first kappa shape index (κ1) is 13.3. The van der Waals surface area contributed by atoms with Gasteiger partial charge in [-0.05, 0) is 83.0 Å². The molecule has 3 heteroatoms. The maximum atomic E-state index is 3.55. The third-order valence-corrected chi connectivity index (χ3v) is 5.85. The number of hydrogen-bond donors (Lipinski definition) is 0. The largest absolute Gasteiger partial charge is 0.0613 e. The fourth-order valence-corrected chi connectivity index (χ4v) is 3.07. The molecule has 0 atom stereocenters. The number of benzene rings is 2. The third kappa shape index (κ3) is 3.01. The molecule has 0 radical (unpaired) electrons. The van der Waals surface area contributed by atoms with E-state index in [1.807, 2.05) is 0 Å². The molecule has 2 aromatic carbocycles. The maximum Gasteiger partial charge on any atom is 0.0459 e. The molecule has 0 spiro atoms. The predicted molar refractivity (Wildman–Crippen MR) is 84.4 cm³/mol. The molecule has 0 aromatic heterocycles. The van der Waals surface area contributed by atoms with E-state index in [1.54, 1.807) is 0 Å². The van der Waals surface area contributed by atoms with Crippen molar-refractivity contribution in [2.75, 3.05) is 0 Å². The van der Waals surface area contributed by atoms with E-state index >= 15 is 0 Å². The first-order valence-corrected chi connectivity index (χ1v) is 7.73. The number of halogens is 3. The highest BCUT2D eigenvalue weighted by Gasteiger charge is 2.06. The quantitative estimate of drug-likeness (QED) is 0.509. The van der Waals surface area contributed by atoms with Crippen LogP contribution in [-0.4, -0.2) is 0 Å². The second-order valence-electron chi connectivity index (χ2n) is 3.80. The lowest BCUT2D eigenvalue weighted by Gasteiger charge is -2.07. The highest BCUT2D eigenvalue weighted by atomic mass is 79.9. The Morgan fingerprint density at radius 1 is 0.824 bits per heavy atom. The molecule has 0 heterocycles. The summed E-state index contributed by atoms with van der Waals surface area (Å²) < 4.78 is 3.16. The van der Waals surface area contributed by atoms with Crippen molar-refractivity contribution in [3.63, 3.8) is 0 Å². The van der Waals surface area contributed by atoms with Gasteiger partial charge in [0.2, 0.25) is 0 Å². The minimum atomic E-state index is 1.05. The van der Waals surface area contributed by atoms with Crippen molar-refractivity contribution in [3.8, 4) is 11.1 Å². The Bertz CT molecular complexity index is 507. The maximum absolute atomic E-state index is 3.55. The molecule has 17 heavy (non-hydrogen) atoms. The Morgan fingerprint density at radius 3 is 1.82 bits per heavy atom. The minimum Gasteiger partial charge on any atom is -0.0613 e. The van der Waals surface area contributed by atoms with Crippen molar-refractivity contribution in [2.45, 2.75) is 13.3 Å².